The number of benzene rings is 1. The zero-order valence-corrected chi connectivity index (χ0v) is 9.67. The summed E-state index contributed by atoms with van der Waals surface area (Å²) in [6, 6.07) is 6.10. The third-order valence-corrected chi connectivity index (χ3v) is 3.19. The molecular formula is C11H12BrNO. The molecule has 1 aromatic carbocycles. The summed E-state index contributed by atoms with van der Waals surface area (Å²) in [5, 5.41) is 0. The molecule has 0 saturated heterocycles. The van der Waals surface area contributed by atoms with Crippen LogP contribution in [0.1, 0.15) is 18.9 Å². The molecule has 0 atom stereocenters. The maximum Gasteiger partial charge on any atom is 0.223 e. The van der Waals surface area contributed by atoms with E-state index in [0.29, 0.717) is 0 Å². The molecule has 0 fully saturated rings. The average molecular weight is 254 g/mol. The van der Waals surface area contributed by atoms with E-state index < -0.39 is 0 Å². The van der Waals surface area contributed by atoms with Gasteiger partial charge in [-0.05, 0) is 40.4 Å². The second-order valence-corrected chi connectivity index (χ2v) is 4.38. The highest BCUT2D eigenvalue weighted by atomic mass is 79.9. The number of carbonyl (C=O) groups excluding carboxylic acids is 1. The first-order valence-electron chi connectivity index (χ1n) is 4.75. The van der Waals surface area contributed by atoms with Crippen molar-refractivity contribution >= 4 is 27.5 Å². The summed E-state index contributed by atoms with van der Waals surface area (Å²) < 4.78 is 1.02. The fourth-order valence-electron chi connectivity index (χ4n) is 1.92. The van der Waals surface area contributed by atoms with Crippen molar-refractivity contribution in [1.82, 2.24) is 0 Å². The Morgan fingerprint density at radius 1 is 1.50 bits per heavy atom. The SMILES string of the molecule is CC(=O)N1CCCc2cccc(Br)c21. The topological polar surface area (TPSA) is 20.3 Å². The summed E-state index contributed by atoms with van der Waals surface area (Å²) >= 11 is 3.50. The number of para-hydroxylation sites is 1. The monoisotopic (exact) mass is 253 g/mol. The minimum absolute atomic E-state index is 0.123. The first-order chi connectivity index (χ1) is 6.70. The van der Waals surface area contributed by atoms with Gasteiger partial charge in [0.05, 0.1) is 5.69 Å². The van der Waals surface area contributed by atoms with Crippen LogP contribution in [0.25, 0.3) is 0 Å². The highest BCUT2D eigenvalue weighted by Gasteiger charge is 2.21. The lowest BCUT2D eigenvalue weighted by molar-refractivity contribution is -0.116. The Bertz CT molecular complexity index is 376. The molecule has 0 spiro atoms. The fourth-order valence-corrected chi connectivity index (χ4v) is 2.54. The number of anilines is 1. The van der Waals surface area contributed by atoms with Gasteiger partial charge in [-0.2, -0.15) is 0 Å². The molecule has 1 heterocycles. The zero-order chi connectivity index (χ0) is 10.1. The molecule has 0 aliphatic carbocycles. The molecule has 1 aliphatic rings. The Morgan fingerprint density at radius 2 is 2.29 bits per heavy atom. The van der Waals surface area contributed by atoms with Crippen LogP contribution in [0.15, 0.2) is 22.7 Å². The maximum absolute atomic E-state index is 11.4. The van der Waals surface area contributed by atoms with Crippen molar-refractivity contribution in [2.75, 3.05) is 11.4 Å². The summed E-state index contributed by atoms with van der Waals surface area (Å²) in [5.74, 6) is 0.123. The molecule has 0 bridgehead atoms. The Kier molecular flexibility index (Phi) is 2.59. The molecular weight excluding hydrogens is 242 g/mol. The lowest BCUT2D eigenvalue weighted by atomic mass is 10.0. The highest BCUT2D eigenvalue weighted by molar-refractivity contribution is 9.10. The number of halogens is 1. The van der Waals surface area contributed by atoms with Crippen molar-refractivity contribution in [2.24, 2.45) is 0 Å². The van der Waals surface area contributed by atoms with Crippen molar-refractivity contribution in [3.63, 3.8) is 0 Å². The quantitative estimate of drug-likeness (QED) is 0.697. The second kappa shape index (κ2) is 3.73. The third-order valence-electron chi connectivity index (χ3n) is 2.55. The van der Waals surface area contributed by atoms with E-state index in [2.05, 4.69) is 22.0 Å². The summed E-state index contributed by atoms with van der Waals surface area (Å²) in [6.07, 6.45) is 2.13. The van der Waals surface area contributed by atoms with Crippen LogP contribution < -0.4 is 4.90 Å². The van der Waals surface area contributed by atoms with E-state index in [4.69, 9.17) is 0 Å². The van der Waals surface area contributed by atoms with E-state index >= 15 is 0 Å². The molecule has 1 aromatic rings. The molecule has 0 N–H and O–H groups in total. The van der Waals surface area contributed by atoms with E-state index in [9.17, 15) is 4.79 Å². The summed E-state index contributed by atoms with van der Waals surface area (Å²) in [5.41, 5.74) is 2.33. The van der Waals surface area contributed by atoms with E-state index in [1.807, 2.05) is 17.0 Å². The van der Waals surface area contributed by atoms with Gasteiger partial charge in [0.25, 0.3) is 0 Å². The standard InChI is InChI=1S/C11H12BrNO/c1-8(14)13-7-3-5-9-4-2-6-10(12)11(9)13/h2,4,6H,3,5,7H2,1H3. The Balaban J connectivity index is 2.52. The number of hydrogen-bond donors (Lipinski definition) is 0. The number of carbonyl (C=O) groups is 1. The molecule has 3 heteroatoms. The lowest BCUT2D eigenvalue weighted by Crippen LogP contribution is -2.33. The van der Waals surface area contributed by atoms with Gasteiger partial charge in [-0.3, -0.25) is 4.79 Å². The van der Waals surface area contributed by atoms with Gasteiger partial charge in [-0.25, -0.2) is 0 Å². The zero-order valence-electron chi connectivity index (χ0n) is 8.09. The normalized spacial score (nSPS) is 15.1. The van der Waals surface area contributed by atoms with E-state index in [-0.39, 0.29) is 5.91 Å². The Labute approximate surface area is 92.0 Å². The largest absolute Gasteiger partial charge is 0.311 e. The van der Waals surface area contributed by atoms with Gasteiger partial charge >= 0.3 is 0 Å². The summed E-state index contributed by atoms with van der Waals surface area (Å²) in [7, 11) is 0. The fraction of sp³-hybridized carbons (Fsp3) is 0.364. The molecule has 2 nitrogen and oxygen atoms in total. The van der Waals surface area contributed by atoms with E-state index in [1.54, 1.807) is 6.92 Å². The van der Waals surface area contributed by atoms with Crippen molar-refractivity contribution in [3.05, 3.63) is 28.2 Å². The Morgan fingerprint density at radius 3 is 3.00 bits per heavy atom. The van der Waals surface area contributed by atoms with Crippen LogP contribution in [-0.4, -0.2) is 12.5 Å². The van der Waals surface area contributed by atoms with Crippen molar-refractivity contribution in [3.8, 4) is 0 Å². The first-order valence-corrected chi connectivity index (χ1v) is 5.55. The van der Waals surface area contributed by atoms with Gasteiger partial charge in [0.2, 0.25) is 5.91 Å². The van der Waals surface area contributed by atoms with Crippen molar-refractivity contribution in [1.29, 1.82) is 0 Å². The molecule has 0 saturated carbocycles. The van der Waals surface area contributed by atoms with Crippen molar-refractivity contribution in [2.45, 2.75) is 19.8 Å². The number of nitrogens with zero attached hydrogens (tertiary/aromatic N) is 1. The second-order valence-electron chi connectivity index (χ2n) is 3.52. The minimum Gasteiger partial charge on any atom is -0.311 e. The van der Waals surface area contributed by atoms with Crippen LogP contribution in [0.2, 0.25) is 0 Å². The van der Waals surface area contributed by atoms with Gasteiger partial charge in [0.1, 0.15) is 0 Å². The molecule has 1 aliphatic heterocycles. The van der Waals surface area contributed by atoms with E-state index in [0.717, 1.165) is 29.5 Å². The molecule has 0 radical (unpaired) electrons. The van der Waals surface area contributed by atoms with Gasteiger partial charge in [-0.15, -0.1) is 0 Å². The average Bonchev–Trinajstić information content (AvgIpc) is 2.17. The number of rotatable bonds is 0. The first kappa shape index (κ1) is 9.71. The molecule has 14 heavy (non-hydrogen) atoms. The smallest absolute Gasteiger partial charge is 0.223 e. The Hall–Kier alpha value is -0.830. The van der Waals surface area contributed by atoms with Crippen LogP contribution >= 0.6 is 15.9 Å². The van der Waals surface area contributed by atoms with Crippen LogP contribution in [0.4, 0.5) is 5.69 Å². The van der Waals surface area contributed by atoms with Gasteiger partial charge in [0, 0.05) is 17.9 Å². The molecule has 0 aromatic heterocycles. The van der Waals surface area contributed by atoms with Crippen LogP contribution in [0.3, 0.4) is 0 Å². The predicted octanol–water partition coefficient (Wildman–Crippen LogP) is 2.75. The van der Waals surface area contributed by atoms with Gasteiger partial charge in [-0.1, -0.05) is 12.1 Å². The van der Waals surface area contributed by atoms with Gasteiger partial charge in [0.15, 0.2) is 0 Å². The summed E-state index contributed by atoms with van der Waals surface area (Å²) in [4.78, 5) is 13.3. The number of amides is 1. The number of aryl methyl sites for hydroxylation is 1. The number of hydrogen-bond acceptors (Lipinski definition) is 1. The molecule has 1 amide bonds. The predicted molar refractivity (Wildman–Crippen MR) is 60.5 cm³/mol. The van der Waals surface area contributed by atoms with Crippen LogP contribution in [0, 0.1) is 0 Å². The molecule has 74 valence electrons. The van der Waals surface area contributed by atoms with Crippen LogP contribution in [0.5, 0.6) is 0 Å². The van der Waals surface area contributed by atoms with E-state index in [1.165, 1.54) is 5.56 Å². The third kappa shape index (κ3) is 1.57. The maximum atomic E-state index is 11.4. The van der Waals surface area contributed by atoms with Gasteiger partial charge < -0.3 is 4.90 Å². The highest BCUT2D eigenvalue weighted by Crippen LogP contribution is 2.34. The molecule has 2 rings (SSSR count). The lowest BCUT2D eigenvalue weighted by Gasteiger charge is -2.29. The summed E-state index contributed by atoms with van der Waals surface area (Å²) in [6.45, 7) is 2.46. The molecule has 0 unspecified atom stereocenters. The van der Waals surface area contributed by atoms with Crippen molar-refractivity contribution < 1.29 is 4.79 Å². The minimum atomic E-state index is 0.123. The van der Waals surface area contributed by atoms with Crippen LogP contribution in [-0.2, 0) is 11.2 Å². The number of fused-ring (bicyclic) bond motifs is 1.